The van der Waals surface area contributed by atoms with E-state index >= 15 is 0 Å². The highest BCUT2D eigenvalue weighted by Gasteiger charge is 2.16. The van der Waals surface area contributed by atoms with Crippen LogP contribution in [0.3, 0.4) is 0 Å². The molecule has 1 amide bonds. The van der Waals surface area contributed by atoms with Crippen LogP contribution in [0.25, 0.3) is 0 Å². The van der Waals surface area contributed by atoms with E-state index in [9.17, 15) is 4.79 Å². The lowest BCUT2D eigenvalue weighted by atomic mass is 10.0. The smallest absolute Gasteiger partial charge is 0.220 e. The van der Waals surface area contributed by atoms with E-state index in [0.29, 0.717) is 18.9 Å². The third kappa shape index (κ3) is 5.39. The van der Waals surface area contributed by atoms with E-state index < -0.39 is 0 Å². The average Bonchev–Trinajstić information content (AvgIpc) is 2.36. The Balaban J connectivity index is 0.00000200. The lowest BCUT2D eigenvalue weighted by Gasteiger charge is -2.27. The third-order valence-corrected chi connectivity index (χ3v) is 3.33. The van der Waals surface area contributed by atoms with Gasteiger partial charge in [-0.3, -0.25) is 4.79 Å². The van der Waals surface area contributed by atoms with E-state index in [1.807, 2.05) is 31.2 Å². The minimum Gasteiger partial charge on any atom is -0.494 e. The summed E-state index contributed by atoms with van der Waals surface area (Å²) in [7, 11) is 0. The third-order valence-electron chi connectivity index (χ3n) is 3.33. The summed E-state index contributed by atoms with van der Waals surface area (Å²) in [5.74, 6) is 1.64. The Bertz CT molecular complexity index is 405. The highest BCUT2D eigenvalue weighted by Crippen LogP contribution is 2.13. The van der Waals surface area contributed by atoms with E-state index in [1.165, 1.54) is 5.56 Å². The van der Waals surface area contributed by atoms with Gasteiger partial charge in [0.15, 0.2) is 0 Å². The second-order valence-electron chi connectivity index (χ2n) is 4.91. The largest absolute Gasteiger partial charge is 0.494 e. The van der Waals surface area contributed by atoms with Crippen molar-refractivity contribution in [3.05, 3.63) is 29.8 Å². The van der Waals surface area contributed by atoms with Crippen molar-refractivity contribution in [3.8, 4) is 5.75 Å². The quantitative estimate of drug-likeness (QED) is 0.807. The second kappa shape index (κ2) is 8.82. The molecule has 0 aliphatic carbocycles. The van der Waals surface area contributed by atoms with Crippen molar-refractivity contribution in [2.24, 2.45) is 5.92 Å². The molecule has 0 atom stereocenters. The van der Waals surface area contributed by atoms with Gasteiger partial charge in [-0.2, -0.15) is 0 Å². The van der Waals surface area contributed by atoms with Gasteiger partial charge in [0.1, 0.15) is 5.75 Å². The van der Waals surface area contributed by atoms with Crippen molar-refractivity contribution in [2.45, 2.75) is 19.8 Å². The molecule has 1 saturated heterocycles. The molecule has 112 valence electrons. The molecule has 0 bridgehead atoms. The molecule has 4 nitrogen and oxygen atoms in total. The molecular formula is C15H23ClN2O2. The van der Waals surface area contributed by atoms with Crippen molar-refractivity contribution < 1.29 is 9.53 Å². The first-order valence-corrected chi connectivity index (χ1v) is 6.97. The number of carbonyl (C=O) groups is 1. The van der Waals surface area contributed by atoms with Crippen LogP contribution in [0.4, 0.5) is 0 Å². The van der Waals surface area contributed by atoms with Crippen LogP contribution in [-0.4, -0.2) is 32.1 Å². The van der Waals surface area contributed by atoms with E-state index in [-0.39, 0.29) is 18.3 Å². The molecule has 1 heterocycles. The SMILES string of the molecule is CCOc1ccc(CCC(=O)NCC2CNC2)cc1.Cl. The molecule has 2 N–H and O–H groups in total. The fraction of sp³-hybridized carbons (Fsp3) is 0.533. The maximum atomic E-state index is 11.7. The minimum absolute atomic E-state index is 0. The van der Waals surface area contributed by atoms with Crippen molar-refractivity contribution in [2.75, 3.05) is 26.2 Å². The molecule has 2 rings (SSSR count). The molecule has 0 aromatic heterocycles. The number of rotatable bonds is 7. The maximum absolute atomic E-state index is 11.7. The van der Waals surface area contributed by atoms with Crippen molar-refractivity contribution in [1.29, 1.82) is 0 Å². The van der Waals surface area contributed by atoms with Crippen molar-refractivity contribution in [3.63, 3.8) is 0 Å². The van der Waals surface area contributed by atoms with Crippen LogP contribution in [0.15, 0.2) is 24.3 Å². The Morgan fingerprint density at radius 1 is 1.35 bits per heavy atom. The monoisotopic (exact) mass is 298 g/mol. The Morgan fingerprint density at radius 3 is 2.60 bits per heavy atom. The summed E-state index contributed by atoms with van der Waals surface area (Å²) in [4.78, 5) is 11.7. The zero-order chi connectivity index (χ0) is 13.5. The Labute approximate surface area is 126 Å². The number of amides is 1. The zero-order valence-electron chi connectivity index (χ0n) is 11.9. The van der Waals surface area contributed by atoms with Gasteiger partial charge in [0.05, 0.1) is 6.61 Å². The first kappa shape index (κ1) is 16.8. The van der Waals surface area contributed by atoms with Gasteiger partial charge >= 0.3 is 0 Å². The minimum atomic E-state index is 0. The van der Waals surface area contributed by atoms with Gasteiger partial charge in [-0.15, -0.1) is 12.4 Å². The summed E-state index contributed by atoms with van der Waals surface area (Å²) in [6, 6.07) is 7.95. The first-order chi connectivity index (χ1) is 9.28. The van der Waals surface area contributed by atoms with Crippen LogP contribution in [0.2, 0.25) is 0 Å². The number of aryl methyl sites for hydroxylation is 1. The Morgan fingerprint density at radius 2 is 2.05 bits per heavy atom. The molecule has 1 aliphatic heterocycles. The van der Waals surface area contributed by atoms with Gasteiger partial charge in [-0.25, -0.2) is 0 Å². The molecule has 0 spiro atoms. The molecule has 20 heavy (non-hydrogen) atoms. The lowest BCUT2D eigenvalue weighted by Crippen LogP contribution is -2.48. The van der Waals surface area contributed by atoms with Crippen LogP contribution in [0, 0.1) is 5.92 Å². The number of hydrogen-bond acceptors (Lipinski definition) is 3. The van der Waals surface area contributed by atoms with Gasteiger partial charge < -0.3 is 15.4 Å². The number of ether oxygens (including phenoxy) is 1. The number of carbonyl (C=O) groups excluding carboxylic acids is 1. The molecule has 0 saturated carbocycles. The standard InChI is InChI=1S/C15H22N2O2.ClH/c1-2-19-14-6-3-12(4-7-14)5-8-15(18)17-11-13-9-16-10-13;/h3-4,6-7,13,16H,2,5,8-11H2,1H3,(H,17,18);1H. The van der Waals surface area contributed by atoms with E-state index in [2.05, 4.69) is 10.6 Å². The fourth-order valence-corrected chi connectivity index (χ4v) is 2.02. The van der Waals surface area contributed by atoms with Gasteiger partial charge in [0.2, 0.25) is 5.91 Å². The molecule has 1 fully saturated rings. The highest BCUT2D eigenvalue weighted by atomic mass is 35.5. The van der Waals surface area contributed by atoms with Gasteiger partial charge in [0.25, 0.3) is 0 Å². The molecule has 1 aromatic carbocycles. The van der Waals surface area contributed by atoms with Gasteiger partial charge in [0, 0.05) is 32.0 Å². The topological polar surface area (TPSA) is 50.4 Å². The Hall–Kier alpha value is -1.26. The summed E-state index contributed by atoms with van der Waals surface area (Å²) in [6.07, 6.45) is 1.33. The number of hydrogen-bond donors (Lipinski definition) is 2. The Kier molecular flexibility index (Phi) is 7.41. The molecule has 5 heteroatoms. The van der Waals surface area contributed by atoms with Crippen LogP contribution in [-0.2, 0) is 11.2 Å². The summed E-state index contributed by atoms with van der Waals surface area (Å²) in [6.45, 7) is 5.50. The predicted molar refractivity (Wildman–Crippen MR) is 82.5 cm³/mol. The van der Waals surface area contributed by atoms with Crippen molar-refractivity contribution in [1.82, 2.24) is 10.6 Å². The van der Waals surface area contributed by atoms with Crippen LogP contribution < -0.4 is 15.4 Å². The van der Waals surface area contributed by atoms with Crippen LogP contribution in [0.5, 0.6) is 5.75 Å². The number of benzene rings is 1. The average molecular weight is 299 g/mol. The molecule has 1 aliphatic rings. The first-order valence-electron chi connectivity index (χ1n) is 6.97. The predicted octanol–water partition coefficient (Wildman–Crippen LogP) is 1.78. The van der Waals surface area contributed by atoms with Crippen LogP contribution in [0.1, 0.15) is 18.9 Å². The van der Waals surface area contributed by atoms with Gasteiger partial charge in [-0.05, 0) is 31.0 Å². The van der Waals surface area contributed by atoms with E-state index in [0.717, 1.165) is 31.8 Å². The van der Waals surface area contributed by atoms with Crippen LogP contribution >= 0.6 is 12.4 Å². The van der Waals surface area contributed by atoms with E-state index in [1.54, 1.807) is 0 Å². The zero-order valence-corrected chi connectivity index (χ0v) is 12.7. The lowest BCUT2D eigenvalue weighted by molar-refractivity contribution is -0.121. The van der Waals surface area contributed by atoms with Gasteiger partial charge in [-0.1, -0.05) is 12.1 Å². The number of nitrogens with one attached hydrogen (secondary N) is 2. The summed E-state index contributed by atoms with van der Waals surface area (Å²) in [5, 5.41) is 6.18. The fourth-order valence-electron chi connectivity index (χ4n) is 2.02. The number of halogens is 1. The molecule has 0 radical (unpaired) electrons. The highest BCUT2D eigenvalue weighted by molar-refractivity contribution is 5.85. The molecular weight excluding hydrogens is 276 g/mol. The second-order valence-corrected chi connectivity index (χ2v) is 4.91. The maximum Gasteiger partial charge on any atom is 0.220 e. The molecule has 1 aromatic rings. The summed E-state index contributed by atoms with van der Waals surface area (Å²) in [5.41, 5.74) is 1.17. The summed E-state index contributed by atoms with van der Waals surface area (Å²) >= 11 is 0. The molecule has 0 unspecified atom stereocenters. The van der Waals surface area contributed by atoms with Crippen molar-refractivity contribution >= 4 is 18.3 Å². The summed E-state index contributed by atoms with van der Waals surface area (Å²) < 4.78 is 5.38. The van der Waals surface area contributed by atoms with E-state index in [4.69, 9.17) is 4.74 Å². The normalized spacial score (nSPS) is 14.1.